The smallest absolute Gasteiger partial charge is 0.191 e. The first-order valence-corrected chi connectivity index (χ1v) is 9.81. The fourth-order valence-corrected chi connectivity index (χ4v) is 3.38. The quantitative estimate of drug-likeness (QED) is 0.326. The van der Waals surface area contributed by atoms with E-state index in [4.69, 9.17) is 4.52 Å². The molecule has 8 heteroatoms. The second-order valence-corrected chi connectivity index (χ2v) is 7.18. The SMILES string of the molecule is CCC(CC)c1cc(CNC(=NC)NC(C)Cc2c(C)nn(C)c2C)on1.I. The molecule has 0 saturated carbocycles. The van der Waals surface area contributed by atoms with Crippen molar-refractivity contribution in [1.29, 1.82) is 0 Å². The Morgan fingerprint density at radius 2 is 1.96 bits per heavy atom. The number of nitrogens with zero attached hydrogens (tertiary/aromatic N) is 4. The summed E-state index contributed by atoms with van der Waals surface area (Å²) >= 11 is 0. The van der Waals surface area contributed by atoms with Crippen LogP contribution in [0.1, 0.15) is 67.9 Å². The monoisotopic (exact) mass is 502 g/mol. The van der Waals surface area contributed by atoms with Gasteiger partial charge in [0.1, 0.15) is 0 Å². The third kappa shape index (κ3) is 6.22. The number of guanidine groups is 1. The van der Waals surface area contributed by atoms with Crippen molar-refractivity contribution in [2.75, 3.05) is 7.05 Å². The van der Waals surface area contributed by atoms with Gasteiger partial charge in [0.25, 0.3) is 0 Å². The van der Waals surface area contributed by atoms with E-state index >= 15 is 0 Å². The van der Waals surface area contributed by atoms with Gasteiger partial charge in [-0.15, -0.1) is 24.0 Å². The summed E-state index contributed by atoms with van der Waals surface area (Å²) in [6.07, 6.45) is 3.04. The molecule has 0 aliphatic rings. The highest BCUT2D eigenvalue weighted by atomic mass is 127. The van der Waals surface area contributed by atoms with E-state index in [0.29, 0.717) is 12.5 Å². The zero-order chi connectivity index (χ0) is 20.0. The molecule has 0 aliphatic heterocycles. The van der Waals surface area contributed by atoms with Crippen LogP contribution in [0.4, 0.5) is 0 Å². The molecule has 0 fully saturated rings. The molecule has 0 saturated heterocycles. The molecule has 0 aliphatic carbocycles. The van der Waals surface area contributed by atoms with Crippen molar-refractivity contribution < 1.29 is 4.52 Å². The lowest BCUT2D eigenvalue weighted by atomic mass is 9.99. The van der Waals surface area contributed by atoms with Gasteiger partial charge in [0.05, 0.1) is 17.9 Å². The van der Waals surface area contributed by atoms with E-state index in [1.807, 2.05) is 17.8 Å². The minimum absolute atomic E-state index is 0. The summed E-state index contributed by atoms with van der Waals surface area (Å²) < 4.78 is 7.41. The number of aliphatic imine (C=N–C) groups is 1. The summed E-state index contributed by atoms with van der Waals surface area (Å²) in [7, 11) is 3.76. The van der Waals surface area contributed by atoms with Crippen LogP contribution in [0.15, 0.2) is 15.6 Å². The molecular formula is C20H35IN6O. The van der Waals surface area contributed by atoms with Crippen LogP contribution >= 0.6 is 24.0 Å². The van der Waals surface area contributed by atoms with E-state index in [9.17, 15) is 0 Å². The summed E-state index contributed by atoms with van der Waals surface area (Å²) in [5.74, 6) is 2.04. The Balaban J connectivity index is 0.00000392. The number of hydrogen-bond donors (Lipinski definition) is 2. The van der Waals surface area contributed by atoms with E-state index in [2.05, 4.69) is 60.5 Å². The maximum atomic E-state index is 5.47. The Morgan fingerprint density at radius 3 is 2.50 bits per heavy atom. The lowest BCUT2D eigenvalue weighted by molar-refractivity contribution is 0.368. The van der Waals surface area contributed by atoms with Crippen molar-refractivity contribution >= 4 is 29.9 Å². The van der Waals surface area contributed by atoms with Gasteiger partial charge in [-0.1, -0.05) is 19.0 Å². The molecule has 2 aromatic heterocycles. The summed E-state index contributed by atoms with van der Waals surface area (Å²) in [5.41, 5.74) is 4.62. The predicted molar refractivity (Wildman–Crippen MR) is 124 cm³/mol. The molecule has 0 radical (unpaired) electrons. The first-order valence-electron chi connectivity index (χ1n) is 9.81. The van der Waals surface area contributed by atoms with Crippen molar-refractivity contribution in [3.8, 4) is 0 Å². The largest absolute Gasteiger partial charge is 0.359 e. The Bertz CT molecular complexity index is 763. The molecule has 0 aromatic carbocycles. The van der Waals surface area contributed by atoms with Crippen molar-refractivity contribution in [2.24, 2.45) is 12.0 Å². The molecule has 28 heavy (non-hydrogen) atoms. The first-order chi connectivity index (χ1) is 12.9. The molecule has 2 N–H and O–H groups in total. The van der Waals surface area contributed by atoms with Gasteiger partial charge < -0.3 is 15.2 Å². The highest BCUT2D eigenvalue weighted by molar-refractivity contribution is 14.0. The standard InChI is InChI=1S/C20H34N6O.HI/c1-8-16(9-2)19-11-17(27-25-19)12-22-20(21-6)23-13(3)10-18-14(4)24-26(7)15(18)5;/h11,13,16H,8-10,12H2,1-7H3,(H2,21,22,23);1H. The van der Waals surface area contributed by atoms with E-state index in [0.717, 1.165) is 42.4 Å². The van der Waals surface area contributed by atoms with Crippen LogP contribution in [0, 0.1) is 13.8 Å². The molecule has 158 valence electrons. The summed E-state index contributed by atoms with van der Waals surface area (Å²) in [5, 5.41) is 15.5. The topological polar surface area (TPSA) is 80.3 Å². The highest BCUT2D eigenvalue weighted by Crippen LogP contribution is 2.22. The molecule has 0 spiro atoms. The van der Waals surface area contributed by atoms with Crippen molar-refractivity contribution in [1.82, 2.24) is 25.6 Å². The van der Waals surface area contributed by atoms with Crippen LogP contribution in [0.25, 0.3) is 0 Å². The van der Waals surface area contributed by atoms with Crippen LogP contribution in [0.2, 0.25) is 0 Å². The normalized spacial score (nSPS) is 12.8. The Kier molecular flexibility index (Phi) is 9.98. The van der Waals surface area contributed by atoms with Gasteiger partial charge in [0.15, 0.2) is 11.7 Å². The van der Waals surface area contributed by atoms with Crippen molar-refractivity contribution in [3.05, 3.63) is 34.5 Å². The summed E-state index contributed by atoms with van der Waals surface area (Å²) in [4.78, 5) is 4.32. The third-order valence-corrected chi connectivity index (χ3v) is 5.19. The maximum Gasteiger partial charge on any atom is 0.191 e. The Labute approximate surface area is 185 Å². The lowest BCUT2D eigenvalue weighted by Gasteiger charge is -2.17. The number of rotatable bonds is 8. The number of aryl methyl sites for hydroxylation is 2. The molecule has 0 bridgehead atoms. The van der Waals surface area contributed by atoms with E-state index in [1.54, 1.807) is 7.05 Å². The van der Waals surface area contributed by atoms with E-state index < -0.39 is 0 Å². The number of nitrogens with one attached hydrogen (secondary N) is 2. The second-order valence-electron chi connectivity index (χ2n) is 7.18. The molecule has 0 amide bonds. The number of hydrogen-bond acceptors (Lipinski definition) is 4. The van der Waals surface area contributed by atoms with Crippen LogP contribution in [0.3, 0.4) is 0 Å². The fraction of sp³-hybridized carbons (Fsp3) is 0.650. The zero-order valence-corrected chi connectivity index (χ0v) is 20.5. The van der Waals surface area contributed by atoms with Crippen LogP contribution < -0.4 is 10.6 Å². The highest BCUT2D eigenvalue weighted by Gasteiger charge is 2.15. The van der Waals surface area contributed by atoms with Gasteiger partial charge in [-0.3, -0.25) is 9.67 Å². The van der Waals surface area contributed by atoms with Gasteiger partial charge >= 0.3 is 0 Å². The van der Waals surface area contributed by atoms with Crippen LogP contribution in [0.5, 0.6) is 0 Å². The van der Waals surface area contributed by atoms with Gasteiger partial charge in [-0.05, 0) is 45.6 Å². The molecule has 2 heterocycles. The van der Waals surface area contributed by atoms with Crippen LogP contribution in [-0.4, -0.2) is 34.0 Å². The van der Waals surface area contributed by atoms with E-state index in [1.165, 1.54) is 11.3 Å². The van der Waals surface area contributed by atoms with Gasteiger partial charge in [0, 0.05) is 37.8 Å². The predicted octanol–water partition coefficient (Wildman–Crippen LogP) is 3.84. The molecule has 2 aromatic rings. The number of aromatic nitrogens is 3. The average molecular weight is 502 g/mol. The molecule has 2 rings (SSSR count). The second kappa shape index (κ2) is 11.4. The van der Waals surface area contributed by atoms with Gasteiger partial charge in [0.2, 0.25) is 0 Å². The average Bonchev–Trinajstić information content (AvgIpc) is 3.20. The fourth-order valence-electron chi connectivity index (χ4n) is 3.38. The third-order valence-electron chi connectivity index (χ3n) is 5.19. The molecule has 1 unspecified atom stereocenters. The Hall–Kier alpha value is -1.58. The van der Waals surface area contributed by atoms with Crippen LogP contribution in [-0.2, 0) is 20.0 Å². The minimum Gasteiger partial charge on any atom is -0.359 e. The van der Waals surface area contributed by atoms with Crippen molar-refractivity contribution in [2.45, 2.75) is 72.4 Å². The first kappa shape index (κ1) is 24.5. The number of halogens is 1. The maximum absolute atomic E-state index is 5.47. The van der Waals surface area contributed by atoms with E-state index in [-0.39, 0.29) is 30.0 Å². The molecular weight excluding hydrogens is 467 g/mol. The lowest BCUT2D eigenvalue weighted by Crippen LogP contribution is -2.42. The molecule has 7 nitrogen and oxygen atoms in total. The summed E-state index contributed by atoms with van der Waals surface area (Å²) in [6, 6.07) is 2.27. The minimum atomic E-state index is 0. The zero-order valence-electron chi connectivity index (χ0n) is 18.2. The van der Waals surface area contributed by atoms with Gasteiger partial charge in [-0.2, -0.15) is 5.10 Å². The Morgan fingerprint density at radius 1 is 1.29 bits per heavy atom. The molecule has 1 atom stereocenters. The van der Waals surface area contributed by atoms with Crippen molar-refractivity contribution in [3.63, 3.8) is 0 Å². The summed E-state index contributed by atoms with van der Waals surface area (Å²) in [6.45, 7) is 11.2. The van der Waals surface area contributed by atoms with Gasteiger partial charge in [-0.25, -0.2) is 0 Å².